The molecule has 2 aromatic rings. The molecule has 1 atom stereocenters. The first-order chi connectivity index (χ1) is 16.0. The predicted octanol–water partition coefficient (Wildman–Crippen LogP) is 2.35. The number of rotatable bonds is 7. The molecule has 1 aromatic carbocycles. The Labute approximate surface area is 197 Å². The van der Waals surface area contributed by atoms with E-state index in [0.29, 0.717) is 30.6 Å². The third-order valence-corrected chi connectivity index (χ3v) is 6.81. The number of carbonyl (C=O) groups excluding carboxylic acids is 2. The number of aromatic nitrogens is 3. The van der Waals surface area contributed by atoms with Gasteiger partial charge in [0.1, 0.15) is 0 Å². The predicted molar refractivity (Wildman–Crippen MR) is 126 cm³/mol. The third-order valence-electron chi connectivity index (χ3n) is 5.84. The zero-order chi connectivity index (χ0) is 23.2. The van der Waals surface area contributed by atoms with Crippen LogP contribution >= 0.6 is 11.8 Å². The summed E-state index contributed by atoms with van der Waals surface area (Å²) in [6.07, 6.45) is 2.14. The van der Waals surface area contributed by atoms with Gasteiger partial charge in [-0.15, -0.1) is 10.2 Å². The fourth-order valence-corrected chi connectivity index (χ4v) is 4.61. The molecule has 2 fully saturated rings. The minimum Gasteiger partial charge on any atom is -0.378 e. The van der Waals surface area contributed by atoms with Crippen LogP contribution in [-0.2, 0) is 20.8 Å². The van der Waals surface area contributed by atoms with Crippen molar-refractivity contribution in [2.45, 2.75) is 44.5 Å². The van der Waals surface area contributed by atoms with Crippen LogP contribution in [0.4, 0.5) is 16.4 Å². The molecule has 3 amide bonds. The largest absolute Gasteiger partial charge is 0.378 e. The lowest BCUT2D eigenvalue weighted by atomic mass is 10.1. The van der Waals surface area contributed by atoms with Crippen LogP contribution in [0.25, 0.3) is 0 Å². The van der Waals surface area contributed by atoms with Crippen molar-refractivity contribution in [3.63, 3.8) is 0 Å². The third kappa shape index (κ3) is 6.04. The molecule has 2 aliphatic heterocycles. The van der Waals surface area contributed by atoms with Crippen molar-refractivity contribution < 1.29 is 19.1 Å². The number of morpholine rings is 1. The minimum atomic E-state index is -0.552. The molecule has 11 heteroatoms. The van der Waals surface area contributed by atoms with Gasteiger partial charge in [-0.3, -0.25) is 14.7 Å². The lowest BCUT2D eigenvalue weighted by Crippen LogP contribution is -2.38. The van der Waals surface area contributed by atoms with Crippen molar-refractivity contribution in [2.24, 2.45) is 0 Å². The summed E-state index contributed by atoms with van der Waals surface area (Å²) >= 11 is 1.26. The van der Waals surface area contributed by atoms with Crippen LogP contribution in [0.1, 0.15) is 24.0 Å². The summed E-state index contributed by atoms with van der Waals surface area (Å²) in [4.78, 5) is 26.9. The molecule has 0 saturated carbocycles. The molecule has 0 spiro atoms. The number of thioether (sulfide) groups is 1. The average Bonchev–Trinajstić information content (AvgIpc) is 3.46. The molecule has 2 saturated heterocycles. The van der Waals surface area contributed by atoms with Crippen molar-refractivity contribution in [1.29, 1.82) is 0 Å². The van der Waals surface area contributed by atoms with Crippen LogP contribution in [0.2, 0.25) is 0 Å². The first-order valence-corrected chi connectivity index (χ1v) is 12.2. The average molecular weight is 475 g/mol. The first-order valence-electron chi connectivity index (χ1n) is 11.2. The maximum Gasteiger partial charge on any atom is 0.325 e. The Kier molecular flexibility index (Phi) is 7.84. The monoisotopic (exact) mass is 474 g/mol. The number of imide groups is 1. The molecule has 33 heavy (non-hydrogen) atoms. The molecule has 2 N–H and O–H groups in total. The maximum absolute atomic E-state index is 12.4. The van der Waals surface area contributed by atoms with Gasteiger partial charge in [-0.2, -0.15) is 0 Å². The van der Waals surface area contributed by atoms with Crippen LogP contribution in [-0.4, -0.2) is 71.5 Å². The normalized spacial score (nSPS) is 18.4. The Morgan fingerprint density at radius 1 is 1.18 bits per heavy atom. The number of ether oxygens (including phenoxy) is 2. The molecule has 0 bridgehead atoms. The van der Waals surface area contributed by atoms with Crippen LogP contribution in [0.5, 0.6) is 0 Å². The topological polar surface area (TPSA) is 111 Å². The van der Waals surface area contributed by atoms with Gasteiger partial charge in [-0.1, -0.05) is 23.9 Å². The lowest BCUT2D eigenvalue weighted by molar-refractivity contribution is -0.117. The summed E-state index contributed by atoms with van der Waals surface area (Å²) in [7, 11) is 0. The van der Waals surface area contributed by atoms with Gasteiger partial charge in [0.15, 0.2) is 5.16 Å². The summed E-state index contributed by atoms with van der Waals surface area (Å²) in [6.45, 7) is 8.08. The van der Waals surface area contributed by atoms with E-state index in [1.165, 1.54) is 11.8 Å². The molecule has 0 aliphatic carbocycles. The highest BCUT2D eigenvalue weighted by Crippen LogP contribution is 2.26. The van der Waals surface area contributed by atoms with Gasteiger partial charge in [0.2, 0.25) is 11.9 Å². The quantitative estimate of drug-likeness (QED) is 0.589. The fraction of sp³-hybridized carbons (Fsp3) is 0.545. The van der Waals surface area contributed by atoms with Crippen LogP contribution in [0.3, 0.4) is 0 Å². The summed E-state index contributed by atoms with van der Waals surface area (Å²) < 4.78 is 13.3. The number of anilines is 2. The number of nitrogens with one attached hydrogen (secondary N) is 2. The highest BCUT2D eigenvalue weighted by Gasteiger charge is 2.25. The molecular weight excluding hydrogens is 444 g/mol. The fourth-order valence-electron chi connectivity index (χ4n) is 3.87. The second-order valence-electron chi connectivity index (χ2n) is 8.17. The molecule has 1 aromatic heterocycles. The number of hydrogen-bond donors (Lipinski definition) is 2. The molecule has 10 nitrogen and oxygen atoms in total. The Morgan fingerprint density at radius 3 is 2.76 bits per heavy atom. The molecule has 3 heterocycles. The van der Waals surface area contributed by atoms with Crippen molar-refractivity contribution in [1.82, 2.24) is 20.1 Å². The number of benzene rings is 1. The Bertz CT molecular complexity index is 985. The minimum absolute atomic E-state index is 0.0486. The standard InChI is InChI=1S/C22H30N6O4S/c1-15-5-3-7-18(16(15)2)23-20(30)24-19(29)14-33-22-26-25-21(27-8-11-31-12-9-27)28(22)13-17-6-4-10-32-17/h3,5,7,17H,4,6,8-14H2,1-2H3,(H2,23,24,29,30). The van der Waals surface area contributed by atoms with Crippen molar-refractivity contribution in [3.05, 3.63) is 29.3 Å². The van der Waals surface area contributed by atoms with Crippen LogP contribution < -0.4 is 15.5 Å². The number of urea groups is 1. The highest BCUT2D eigenvalue weighted by atomic mass is 32.2. The molecule has 1 unspecified atom stereocenters. The van der Waals surface area contributed by atoms with Crippen molar-refractivity contribution >= 4 is 35.3 Å². The smallest absolute Gasteiger partial charge is 0.325 e. The van der Waals surface area contributed by atoms with Gasteiger partial charge in [-0.25, -0.2) is 4.79 Å². The van der Waals surface area contributed by atoms with Gasteiger partial charge in [-0.05, 0) is 43.9 Å². The summed E-state index contributed by atoms with van der Waals surface area (Å²) in [5.74, 6) is 0.416. The summed E-state index contributed by atoms with van der Waals surface area (Å²) in [5, 5.41) is 14.5. The zero-order valence-corrected chi connectivity index (χ0v) is 19.8. The van der Waals surface area contributed by atoms with Crippen molar-refractivity contribution in [2.75, 3.05) is 48.9 Å². The van der Waals surface area contributed by atoms with E-state index in [1.807, 2.05) is 36.6 Å². The molecule has 2 aliphatic rings. The second kappa shape index (κ2) is 11.0. The Balaban J connectivity index is 1.37. The van der Waals surface area contributed by atoms with E-state index in [-0.39, 0.29) is 11.9 Å². The van der Waals surface area contributed by atoms with Crippen LogP contribution in [0.15, 0.2) is 23.4 Å². The first kappa shape index (κ1) is 23.5. The maximum atomic E-state index is 12.4. The molecular formula is C22H30N6O4S. The van der Waals surface area contributed by atoms with Gasteiger partial charge in [0, 0.05) is 25.4 Å². The molecule has 4 rings (SSSR count). The number of nitrogens with zero attached hydrogens (tertiary/aromatic N) is 4. The van der Waals surface area contributed by atoms with E-state index in [0.717, 1.165) is 49.6 Å². The Morgan fingerprint density at radius 2 is 2.00 bits per heavy atom. The van der Waals surface area contributed by atoms with Crippen molar-refractivity contribution in [3.8, 4) is 0 Å². The Hall–Kier alpha value is -2.63. The van der Waals surface area contributed by atoms with E-state index in [9.17, 15) is 9.59 Å². The zero-order valence-electron chi connectivity index (χ0n) is 19.0. The lowest BCUT2D eigenvalue weighted by Gasteiger charge is -2.28. The summed E-state index contributed by atoms with van der Waals surface area (Å²) in [6, 6.07) is 5.09. The second-order valence-corrected chi connectivity index (χ2v) is 9.11. The van der Waals surface area contributed by atoms with Crippen LogP contribution in [0, 0.1) is 13.8 Å². The van der Waals surface area contributed by atoms with E-state index in [2.05, 4.69) is 25.7 Å². The number of hydrogen-bond acceptors (Lipinski definition) is 8. The molecule has 178 valence electrons. The van der Waals surface area contributed by atoms with E-state index < -0.39 is 11.9 Å². The number of carbonyl (C=O) groups is 2. The van der Waals surface area contributed by atoms with E-state index in [4.69, 9.17) is 9.47 Å². The number of amides is 3. The summed E-state index contributed by atoms with van der Waals surface area (Å²) in [5.41, 5.74) is 2.71. The van der Waals surface area contributed by atoms with Gasteiger partial charge >= 0.3 is 6.03 Å². The molecule has 0 radical (unpaired) electrons. The van der Waals surface area contributed by atoms with E-state index in [1.54, 1.807) is 0 Å². The highest BCUT2D eigenvalue weighted by molar-refractivity contribution is 7.99. The van der Waals surface area contributed by atoms with Gasteiger partial charge < -0.3 is 19.7 Å². The van der Waals surface area contributed by atoms with Gasteiger partial charge in [0.05, 0.1) is 31.6 Å². The SMILES string of the molecule is Cc1cccc(NC(=O)NC(=O)CSc2nnc(N3CCOCC3)n2CC2CCCO2)c1C. The number of aryl methyl sites for hydroxylation is 1. The van der Waals surface area contributed by atoms with E-state index >= 15 is 0 Å². The van der Waals surface area contributed by atoms with Gasteiger partial charge in [0.25, 0.3) is 0 Å².